The maximum absolute atomic E-state index is 12.8. The minimum Gasteiger partial charge on any atom is -0.324 e. The third kappa shape index (κ3) is 3.63. The van der Waals surface area contributed by atoms with Gasteiger partial charge in [-0.1, -0.05) is 30.9 Å². The maximum Gasteiger partial charge on any atom is 0.416 e. The van der Waals surface area contributed by atoms with E-state index in [4.69, 9.17) is 17.3 Å². The van der Waals surface area contributed by atoms with Gasteiger partial charge in [0.15, 0.2) is 0 Å². The third-order valence-electron chi connectivity index (χ3n) is 3.79. The van der Waals surface area contributed by atoms with Gasteiger partial charge in [0.1, 0.15) is 0 Å². The third-order valence-corrected chi connectivity index (χ3v) is 4.01. The maximum atomic E-state index is 12.8. The Hall–Kier alpha value is -0.740. The standard InChI is InChI=1S/C14H17ClF3N/c15-12-7-10(6-11(8-12)14(16,17)18)13(19)9-4-2-1-3-5-9/h6-9,13H,1-5,19H2/t13-/m1/s1. The highest BCUT2D eigenvalue weighted by molar-refractivity contribution is 6.30. The van der Waals surface area contributed by atoms with Crippen LogP contribution in [0, 0.1) is 5.92 Å². The van der Waals surface area contributed by atoms with Crippen molar-refractivity contribution in [1.29, 1.82) is 0 Å². The first kappa shape index (κ1) is 14.7. The number of hydrogen-bond donors (Lipinski definition) is 1. The number of halogens is 4. The number of nitrogens with two attached hydrogens (primary N) is 1. The van der Waals surface area contributed by atoms with Gasteiger partial charge in [-0.3, -0.25) is 0 Å². The Morgan fingerprint density at radius 2 is 1.74 bits per heavy atom. The highest BCUT2D eigenvalue weighted by atomic mass is 35.5. The molecule has 5 heteroatoms. The Labute approximate surface area is 115 Å². The molecule has 0 saturated heterocycles. The SMILES string of the molecule is N[C@@H](c1cc(Cl)cc(C(F)(F)F)c1)C1CCCCC1. The molecule has 1 saturated carbocycles. The lowest BCUT2D eigenvalue weighted by atomic mass is 9.81. The molecule has 1 nitrogen and oxygen atoms in total. The van der Waals surface area contributed by atoms with Crippen molar-refractivity contribution in [2.24, 2.45) is 11.7 Å². The Morgan fingerprint density at radius 3 is 2.32 bits per heavy atom. The van der Waals surface area contributed by atoms with Gasteiger partial charge in [-0.25, -0.2) is 0 Å². The van der Waals surface area contributed by atoms with E-state index in [0.717, 1.165) is 37.8 Å². The molecule has 0 aromatic heterocycles. The molecule has 0 aliphatic heterocycles. The zero-order chi connectivity index (χ0) is 14.0. The summed E-state index contributed by atoms with van der Waals surface area (Å²) in [6.07, 6.45) is 0.971. The van der Waals surface area contributed by atoms with Crippen LogP contribution < -0.4 is 5.73 Å². The van der Waals surface area contributed by atoms with E-state index in [0.29, 0.717) is 5.56 Å². The first-order chi connectivity index (χ1) is 8.88. The van der Waals surface area contributed by atoms with Crippen LogP contribution in [0.5, 0.6) is 0 Å². The number of hydrogen-bond acceptors (Lipinski definition) is 1. The molecule has 19 heavy (non-hydrogen) atoms. The summed E-state index contributed by atoms with van der Waals surface area (Å²) in [6.45, 7) is 0. The van der Waals surface area contributed by atoms with Crippen molar-refractivity contribution >= 4 is 11.6 Å². The fraction of sp³-hybridized carbons (Fsp3) is 0.571. The van der Waals surface area contributed by atoms with Crippen molar-refractivity contribution < 1.29 is 13.2 Å². The van der Waals surface area contributed by atoms with Crippen LogP contribution in [-0.2, 0) is 6.18 Å². The number of benzene rings is 1. The summed E-state index contributed by atoms with van der Waals surface area (Å²) in [4.78, 5) is 0. The molecule has 0 bridgehead atoms. The minimum absolute atomic E-state index is 0.0936. The van der Waals surface area contributed by atoms with Crippen LogP contribution in [0.2, 0.25) is 5.02 Å². The van der Waals surface area contributed by atoms with Gasteiger partial charge in [0.05, 0.1) is 5.56 Å². The molecule has 1 aromatic carbocycles. The second-order valence-electron chi connectivity index (χ2n) is 5.19. The van der Waals surface area contributed by atoms with Crippen LogP contribution in [0.1, 0.15) is 49.3 Å². The lowest BCUT2D eigenvalue weighted by molar-refractivity contribution is -0.137. The molecule has 0 unspecified atom stereocenters. The molecule has 0 spiro atoms. The molecule has 0 heterocycles. The summed E-state index contributed by atoms with van der Waals surface area (Å²) in [7, 11) is 0. The molecular weight excluding hydrogens is 275 g/mol. The molecule has 1 aromatic rings. The summed E-state index contributed by atoms with van der Waals surface area (Å²) in [6, 6.07) is 3.26. The Balaban J connectivity index is 2.26. The van der Waals surface area contributed by atoms with E-state index in [-0.39, 0.29) is 17.0 Å². The molecule has 0 radical (unpaired) electrons. The van der Waals surface area contributed by atoms with Crippen molar-refractivity contribution in [2.45, 2.75) is 44.3 Å². The van der Waals surface area contributed by atoms with E-state index >= 15 is 0 Å². The van der Waals surface area contributed by atoms with Crippen molar-refractivity contribution in [3.8, 4) is 0 Å². The highest BCUT2D eigenvalue weighted by Crippen LogP contribution is 2.37. The molecular formula is C14H17ClF3N. The fourth-order valence-corrected chi connectivity index (χ4v) is 2.98. The predicted molar refractivity (Wildman–Crippen MR) is 70.0 cm³/mol. The van der Waals surface area contributed by atoms with Gasteiger partial charge in [-0.05, 0) is 42.5 Å². The van der Waals surface area contributed by atoms with Crippen LogP contribution >= 0.6 is 11.6 Å². The van der Waals surface area contributed by atoms with Gasteiger partial charge in [0, 0.05) is 11.1 Å². The smallest absolute Gasteiger partial charge is 0.324 e. The predicted octanol–water partition coefficient (Wildman–Crippen LogP) is 4.94. The van der Waals surface area contributed by atoms with Crippen molar-refractivity contribution in [2.75, 3.05) is 0 Å². The van der Waals surface area contributed by atoms with Crippen LogP contribution in [0.15, 0.2) is 18.2 Å². The summed E-state index contributed by atoms with van der Waals surface area (Å²) >= 11 is 5.78. The lowest BCUT2D eigenvalue weighted by Gasteiger charge is -2.28. The Bertz CT molecular complexity index is 439. The summed E-state index contributed by atoms with van der Waals surface area (Å²) in [5, 5.41) is 0.0936. The van der Waals surface area contributed by atoms with Crippen molar-refractivity contribution in [3.63, 3.8) is 0 Å². The molecule has 106 valence electrons. The van der Waals surface area contributed by atoms with E-state index in [1.165, 1.54) is 6.42 Å². The van der Waals surface area contributed by atoms with E-state index < -0.39 is 11.7 Å². The van der Waals surface area contributed by atoms with Crippen LogP contribution in [0.25, 0.3) is 0 Å². The largest absolute Gasteiger partial charge is 0.416 e. The van der Waals surface area contributed by atoms with E-state index in [9.17, 15) is 13.2 Å². The topological polar surface area (TPSA) is 26.0 Å². The van der Waals surface area contributed by atoms with Gasteiger partial charge in [-0.15, -0.1) is 0 Å². The zero-order valence-electron chi connectivity index (χ0n) is 10.5. The first-order valence-electron chi connectivity index (χ1n) is 6.51. The van der Waals surface area contributed by atoms with Gasteiger partial charge >= 0.3 is 6.18 Å². The first-order valence-corrected chi connectivity index (χ1v) is 6.89. The van der Waals surface area contributed by atoms with E-state index in [2.05, 4.69) is 0 Å². The second-order valence-corrected chi connectivity index (χ2v) is 5.63. The number of rotatable bonds is 2. The molecule has 1 atom stereocenters. The van der Waals surface area contributed by atoms with Gasteiger partial charge in [-0.2, -0.15) is 13.2 Å². The lowest BCUT2D eigenvalue weighted by Crippen LogP contribution is -2.24. The van der Waals surface area contributed by atoms with E-state index in [1.807, 2.05) is 0 Å². The average molecular weight is 292 g/mol. The van der Waals surface area contributed by atoms with E-state index in [1.54, 1.807) is 6.07 Å². The average Bonchev–Trinajstić information content (AvgIpc) is 2.37. The second kappa shape index (κ2) is 5.71. The molecule has 1 aliphatic rings. The van der Waals surface area contributed by atoms with Crippen molar-refractivity contribution in [1.82, 2.24) is 0 Å². The van der Waals surface area contributed by atoms with Crippen LogP contribution in [-0.4, -0.2) is 0 Å². The van der Waals surface area contributed by atoms with Gasteiger partial charge in [0.2, 0.25) is 0 Å². The monoisotopic (exact) mass is 291 g/mol. The summed E-state index contributed by atoms with van der Waals surface area (Å²) in [5.74, 6) is 0.258. The molecule has 2 rings (SSSR count). The molecule has 0 amide bonds. The van der Waals surface area contributed by atoms with Crippen molar-refractivity contribution in [3.05, 3.63) is 34.3 Å². The molecule has 1 aliphatic carbocycles. The minimum atomic E-state index is -4.38. The van der Waals surface area contributed by atoms with Gasteiger partial charge < -0.3 is 5.73 Å². The normalized spacial score (nSPS) is 19.4. The fourth-order valence-electron chi connectivity index (χ4n) is 2.73. The Morgan fingerprint density at radius 1 is 1.11 bits per heavy atom. The summed E-state index contributed by atoms with van der Waals surface area (Å²) in [5.41, 5.74) is 5.90. The van der Waals surface area contributed by atoms with Crippen LogP contribution in [0.4, 0.5) is 13.2 Å². The molecule has 1 fully saturated rings. The summed E-state index contributed by atoms with van der Waals surface area (Å²) < 4.78 is 38.3. The van der Waals surface area contributed by atoms with Crippen LogP contribution in [0.3, 0.4) is 0 Å². The highest BCUT2D eigenvalue weighted by Gasteiger charge is 2.32. The molecule has 2 N–H and O–H groups in total. The zero-order valence-corrected chi connectivity index (χ0v) is 11.3. The Kier molecular flexibility index (Phi) is 4.41. The number of alkyl halides is 3. The quantitative estimate of drug-likeness (QED) is 0.820. The van der Waals surface area contributed by atoms with Gasteiger partial charge in [0.25, 0.3) is 0 Å².